The second-order valence-electron chi connectivity index (χ2n) is 8.31. The molecule has 2 saturated carbocycles. The predicted octanol–water partition coefficient (Wildman–Crippen LogP) is 3.32. The Hall–Kier alpha value is -2.83. The van der Waals surface area contributed by atoms with Crippen molar-refractivity contribution in [2.24, 2.45) is 23.7 Å². The first-order valence-corrected chi connectivity index (χ1v) is 10.6. The quantitative estimate of drug-likeness (QED) is 0.361. The van der Waals surface area contributed by atoms with Crippen LogP contribution in [-0.4, -0.2) is 29.5 Å². The summed E-state index contributed by atoms with van der Waals surface area (Å²) < 4.78 is 5.58. The zero-order chi connectivity index (χ0) is 21.8. The molecule has 0 saturated heterocycles. The average Bonchev–Trinajstić information content (AvgIpc) is 3.29. The molecular formula is C23H30N2O5. The maximum Gasteiger partial charge on any atom is 0.307 e. The summed E-state index contributed by atoms with van der Waals surface area (Å²) in [4.78, 5) is 37.1. The van der Waals surface area contributed by atoms with Gasteiger partial charge in [-0.1, -0.05) is 24.5 Å². The monoisotopic (exact) mass is 414 g/mol. The van der Waals surface area contributed by atoms with Crippen molar-refractivity contribution in [3.8, 4) is 5.75 Å². The number of nitrogens with one attached hydrogen (secondary N) is 2. The number of hydrogen-bond acceptors (Lipinski definition) is 4. The molecule has 162 valence electrons. The van der Waals surface area contributed by atoms with Gasteiger partial charge in [0.05, 0.1) is 18.4 Å². The normalized spacial score (nSPS) is 24.4. The number of ether oxygens (including phenoxy) is 1. The molecule has 7 heteroatoms. The number of carboxylic acid groups (broad SMARTS) is 1. The summed E-state index contributed by atoms with van der Waals surface area (Å²) in [6.45, 7) is 6.65. The summed E-state index contributed by atoms with van der Waals surface area (Å²) >= 11 is 0. The van der Waals surface area contributed by atoms with Crippen molar-refractivity contribution >= 4 is 17.8 Å². The molecule has 4 unspecified atom stereocenters. The van der Waals surface area contributed by atoms with E-state index in [1.54, 1.807) is 24.3 Å². The summed E-state index contributed by atoms with van der Waals surface area (Å²) in [5, 5.41) is 9.71. The van der Waals surface area contributed by atoms with E-state index in [9.17, 15) is 19.5 Å². The van der Waals surface area contributed by atoms with Crippen molar-refractivity contribution in [1.82, 2.24) is 10.9 Å². The standard InChI is InChI=1S/C23H30N2O5/c1-4-5-12-30-15-8-6-14(7-9-15)21(26)24-25-22(27)19-16-10-11-17(18(16)13(2)3)20(19)23(28)29/h6-9,16-17,19-20H,4-5,10-12H2,1-3H3,(H,24,26)(H,25,27)(H,28,29). The van der Waals surface area contributed by atoms with E-state index in [0.29, 0.717) is 17.9 Å². The lowest BCUT2D eigenvalue weighted by molar-refractivity contribution is -0.149. The molecule has 4 atom stereocenters. The van der Waals surface area contributed by atoms with Crippen LogP contribution in [0.3, 0.4) is 0 Å². The molecule has 30 heavy (non-hydrogen) atoms. The van der Waals surface area contributed by atoms with E-state index in [-0.39, 0.29) is 11.8 Å². The number of allylic oxidation sites excluding steroid dienone is 2. The van der Waals surface area contributed by atoms with Gasteiger partial charge in [-0.05, 0) is 69.2 Å². The number of rotatable bonds is 7. The Kier molecular flexibility index (Phi) is 6.80. The van der Waals surface area contributed by atoms with Gasteiger partial charge in [0.25, 0.3) is 5.91 Å². The molecular weight excluding hydrogens is 384 g/mol. The molecule has 2 amide bonds. The van der Waals surface area contributed by atoms with Crippen LogP contribution in [0.25, 0.3) is 0 Å². The third-order valence-corrected chi connectivity index (χ3v) is 6.19. The SMILES string of the molecule is CCCCOc1ccc(C(=O)NNC(=O)C2C3CCC(C3=C(C)C)C2C(=O)O)cc1. The molecule has 2 fully saturated rings. The Balaban J connectivity index is 1.61. The lowest BCUT2D eigenvalue weighted by Gasteiger charge is -2.26. The fourth-order valence-electron chi connectivity index (χ4n) is 4.92. The number of amides is 2. The number of hydrazine groups is 1. The van der Waals surface area contributed by atoms with Gasteiger partial charge in [-0.3, -0.25) is 25.2 Å². The maximum absolute atomic E-state index is 12.8. The number of carboxylic acids is 1. The fraction of sp³-hybridized carbons (Fsp3) is 0.522. The highest BCUT2D eigenvalue weighted by Crippen LogP contribution is 2.57. The second-order valence-corrected chi connectivity index (χ2v) is 8.31. The van der Waals surface area contributed by atoms with Gasteiger partial charge in [-0.15, -0.1) is 0 Å². The van der Waals surface area contributed by atoms with Gasteiger partial charge in [-0.25, -0.2) is 0 Å². The Morgan fingerprint density at radius 2 is 1.67 bits per heavy atom. The van der Waals surface area contributed by atoms with Crippen LogP contribution in [0.2, 0.25) is 0 Å². The van der Waals surface area contributed by atoms with Crippen LogP contribution in [0, 0.1) is 23.7 Å². The van der Waals surface area contributed by atoms with Crippen molar-refractivity contribution in [3.63, 3.8) is 0 Å². The molecule has 2 aliphatic carbocycles. The van der Waals surface area contributed by atoms with E-state index in [4.69, 9.17) is 4.74 Å². The first-order chi connectivity index (χ1) is 14.3. The number of benzene rings is 1. The number of hydrogen-bond donors (Lipinski definition) is 3. The van der Waals surface area contributed by atoms with Crippen molar-refractivity contribution in [3.05, 3.63) is 41.0 Å². The predicted molar refractivity (Wildman–Crippen MR) is 112 cm³/mol. The van der Waals surface area contributed by atoms with Crippen molar-refractivity contribution < 1.29 is 24.2 Å². The molecule has 3 N–H and O–H groups in total. The Bertz CT molecular complexity index is 842. The largest absolute Gasteiger partial charge is 0.494 e. The van der Waals surface area contributed by atoms with E-state index in [2.05, 4.69) is 17.8 Å². The van der Waals surface area contributed by atoms with Gasteiger partial charge in [0.15, 0.2) is 0 Å². The zero-order valence-electron chi connectivity index (χ0n) is 17.7. The third-order valence-electron chi connectivity index (χ3n) is 6.19. The Morgan fingerprint density at radius 3 is 2.23 bits per heavy atom. The first kappa shape index (κ1) is 21.9. The maximum atomic E-state index is 12.8. The third kappa shape index (κ3) is 4.35. The number of aliphatic carboxylic acids is 1. The van der Waals surface area contributed by atoms with Gasteiger partial charge in [0, 0.05) is 5.56 Å². The molecule has 1 aromatic carbocycles. The molecule has 2 aliphatic rings. The summed E-state index contributed by atoms with van der Waals surface area (Å²) in [6, 6.07) is 6.68. The number of carbonyl (C=O) groups is 3. The van der Waals surface area contributed by atoms with Crippen LogP contribution < -0.4 is 15.6 Å². The Labute approximate surface area is 176 Å². The highest BCUT2D eigenvalue weighted by atomic mass is 16.5. The van der Waals surface area contributed by atoms with Crippen LogP contribution in [0.1, 0.15) is 56.8 Å². The Morgan fingerprint density at radius 1 is 1.03 bits per heavy atom. The molecule has 0 spiro atoms. The van der Waals surface area contributed by atoms with E-state index < -0.39 is 29.6 Å². The minimum Gasteiger partial charge on any atom is -0.494 e. The van der Waals surface area contributed by atoms with Gasteiger partial charge in [0.2, 0.25) is 5.91 Å². The van der Waals surface area contributed by atoms with Crippen molar-refractivity contribution in [2.45, 2.75) is 46.5 Å². The first-order valence-electron chi connectivity index (χ1n) is 10.6. The van der Waals surface area contributed by atoms with Gasteiger partial charge in [0.1, 0.15) is 5.75 Å². The van der Waals surface area contributed by atoms with E-state index >= 15 is 0 Å². The summed E-state index contributed by atoms with van der Waals surface area (Å²) in [5.74, 6) is -2.74. The van der Waals surface area contributed by atoms with Crippen LogP contribution in [0.5, 0.6) is 5.75 Å². The minimum absolute atomic E-state index is 0.0717. The van der Waals surface area contributed by atoms with Crippen LogP contribution in [0.15, 0.2) is 35.4 Å². The molecule has 7 nitrogen and oxygen atoms in total. The van der Waals surface area contributed by atoms with Gasteiger partial charge in [-0.2, -0.15) is 0 Å². The highest BCUT2D eigenvalue weighted by Gasteiger charge is 2.57. The molecule has 0 aliphatic heterocycles. The van der Waals surface area contributed by atoms with E-state index in [0.717, 1.165) is 36.8 Å². The fourth-order valence-corrected chi connectivity index (χ4v) is 4.92. The summed E-state index contributed by atoms with van der Waals surface area (Å²) in [5.41, 5.74) is 7.45. The molecule has 0 heterocycles. The van der Waals surface area contributed by atoms with E-state index in [1.807, 2.05) is 13.8 Å². The number of carbonyl (C=O) groups excluding carboxylic acids is 2. The van der Waals surface area contributed by atoms with Crippen LogP contribution >= 0.6 is 0 Å². The van der Waals surface area contributed by atoms with E-state index in [1.165, 1.54) is 0 Å². The topological polar surface area (TPSA) is 105 Å². The smallest absolute Gasteiger partial charge is 0.307 e. The van der Waals surface area contributed by atoms with Gasteiger partial charge >= 0.3 is 5.97 Å². The average molecular weight is 415 g/mol. The second kappa shape index (κ2) is 9.32. The molecule has 2 bridgehead atoms. The number of fused-ring (bicyclic) bond motifs is 2. The van der Waals surface area contributed by atoms with Crippen molar-refractivity contribution in [2.75, 3.05) is 6.61 Å². The molecule has 3 rings (SSSR count). The highest BCUT2D eigenvalue weighted by molar-refractivity contribution is 5.96. The lowest BCUT2D eigenvalue weighted by Crippen LogP contribution is -2.48. The number of unbranched alkanes of at least 4 members (excludes halogenated alkanes) is 1. The van der Waals surface area contributed by atoms with Gasteiger partial charge < -0.3 is 9.84 Å². The minimum atomic E-state index is -0.953. The molecule has 0 aromatic heterocycles. The van der Waals surface area contributed by atoms with Crippen LogP contribution in [-0.2, 0) is 9.59 Å². The zero-order valence-corrected chi connectivity index (χ0v) is 17.7. The molecule has 0 radical (unpaired) electrons. The lowest BCUT2D eigenvalue weighted by atomic mass is 9.79. The van der Waals surface area contributed by atoms with Crippen molar-refractivity contribution in [1.29, 1.82) is 0 Å². The summed E-state index contributed by atoms with van der Waals surface area (Å²) in [6.07, 6.45) is 3.61. The van der Waals surface area contributed by atoms with Crippen LogP contribution in [0.4, 0.5) is 0 Å². The molecule has 1 aromatic rings. The summed E-state index contributed by atoms with van der Waals surface area (Å²) in [7, 11) is 0.